The van der Waals surface area contributed by atoms with Crippen LogP contribution in [0, 0.1) is 0 Å². The number of nitrogens with two attached hydrogens (primary N) is 1. The van der Waals surface area contributed by atoms with Crippen molar-refractivity contribution in [3.63, 3.8) is 0 Å². The van der Waals surface area contributed by atoms with Gasteiger partial charge in [-0.05, 0) is 42.2 Å². The van der Waals surface area contributed by atoms with Crippen molar-refractivity contribution in [2.45, 2.75) is 32.2 Å². The molecule has 0 amide bonds. The van der Waals surface area contributed by atoms with Crippen LogP contribution < -0.4 is 5.73 Å². The van der Waals surface area contributed by atoms with Crippen molar-refractivity contribution < 1.29 is 0 Å². The Balaban J connectivity index is 2.38. The summed E-state index contributed by atoms with van der Waals surface area (Å²) in [6, 6.07) is 0. The second kappa shape index (κ2) is 2.95. The first kappa shape index (κ1) is 7.32. The van der Waals surface area contributed by atoms with Crippen LogP contribution in [-0.4, -0.2) is 0 Å². The van der Waals surface area contributed by atoms with E-state index in [1.807, 2.05) is 11.3 Å². The minimum atomic E-state index is 0.728. The number of rotatable bonds is 1. The Bertz CT molecular complexity index is 239. The van der Waals surface area contributed by atoms with Gasteiger partial charge in [-0.3, -0.25) is 0 Å². The van der Waals surface area contributed by atoms with Crippen LogP contribution in [-0.2, 0) is 19.4 Å². The predicted molar refractivity (Wildman–Crippen MR) is 48.9 cm³/mol. The standard InChI is InChI=1S/C9H13NS/c10-5-7-6-11-9-4-2-1-3-8(7)9/h6H,1-5,10H2. The van der Waals surface area contributed by atoms with E-state index in [4.69, 9.17) is 5.73 Å². The van der Waals surface area contributed by atoms with Gasteiger partial charge in [-0.2, -0.15) is 0 Å². The van der Waals surface area contributed by atoms with E-state index in [0.29, 0.717) is 0 Å². The Kier molecular flexibility index (Phi) is 1.96. The van der Waals surface area contributed by atoms with Gasteiger partial charge in [-0.1, -0.05) is 0 Å². The summed E-state index contributed by atoms with van der Waals surface area (Å²) in [6.45, 7) is 0.728. The van der Waals surface area contributed by atoms with Gasteiger partial charge in [0.05, 0.1) is 0 Å². The lowest BCUT2D eigenvalue weighted by atomic mass is 9.96. The highest BCUT2D eigenvalue weighted by atomic mass is 32.1. The number of hydrogen-bond donors (Lipinski definition) is 1. The predicted octanol–water partition coefficient (Wildman–Crippen LogP) is 2.09. The van der Waals surface area contributed by atoms with Crippen LogP contribution >= 0.6 is 11.3 Å². The summed E-state index contributed by atoms with van der Waals surface area (Å²) in [5.41, 5.74) is 8.59. The highest BCUT2D eigenvalue weighted by Gasteiger charge is 2.13. The molecule has 0 aromatic carbocycles. The van der Waals surface area contributed by atoms with Crippen molar-refractivity contribution >= 4 is 11.3 Å². The molecule has 1 nitrogen and oxygen atoms in total. The van der Waals surface area contributed by atoms with E-state index < -0.39 is 0 Å². The number of hydrogen-bond acceptors (Lipinski definition) is 2. The molecule has 1 heterocycles. The van der Waals surface area contributed by atoms with Gasteiger partial charge in [0.1, 0.15) is 0 Å². The maximum atomic E-state index is 5.63. The zero-order chi connectivity index (χ0) is 7.68. The van der Waals surface area contributed by atoms with Crippen LogP contribution in [0.2, 0.25) is 0 Å². The van der Waals surface area contributed by atoms with E-state index >= 15 is 0 Å². The van der Waals surface area contributed by atoms with Crippen molar-refractivity contribution in [3.8, 4) is 0 Å². The molecule has 1 aliphatic rings. The molecular formula is C9H13NS. The van der Waals surface area contributed by atoms with Crippen molar-refractivity contribution in [2.75, 3.05) is 0 Å². The van der Waals surface area contributed by atoms with E-state index in [0.717, 1.165) is 6.54 Å². The van der Waals surface area contributed by atoms with Crippen molar-refractivity contribution in [1.29, 1.82) is 0 Å². The zero-order valence-corrected chi connectivity index (χ0v) is 7.41. The Hall–Kier alpha value is -0.340. The molecule has 60 valence electrons. The molecule has 0 saturated heterocycles. The Morgan fingerprint density at radius 1 is 1.36 bits per heavy atom. The molecule has 2 heteroatoms. The summed E-state index contributed by atoms with van der Waals surface area (Å²) in [5, 5.41) is 2.23. The van der Waals surface area contributed by atoms with E-state index in [9.17, 15) is 0 Å². The van der Waals surface area contributed by atoms with Gasteiger partial charge in [-0.15, -0.1) is 11.3 Å². The Morgan fingerprint density at radius 2 is 2.18 bits per heavy atom. The SMILES string of the molecule is NCc1csc2c1CCCC2. The highest BCUT2D eigenvalue weighted by molar-refractivity contribution is 7.10. The largest absolute Gasteiger partial charge is 0.326 e. The second-order valence-corrected chi connectivity index (χ2v) is 4.04. The first-order valence-corrected chi connectivity index (χ1v) is 5.08. The molecule has 0 unspecified atom stereocenters. The van der Waals surface area contributed by atoms with Crippen LogP contribution in [0.15, 0.2) is 5.38 Å². The minimum absolute atomic E-state index is 0.728. The summed E-state index contributed by atoms with van der Waals surface area (Å²) >= 11 is 1.90. The second-order valence-electron chi connectivity index (χ2n) is 3.07. The maximum Gasteiger partial charge on any atom is 0.0189 e. The van der Waals surface area contributed by atoms with Gasteiger partial charge in [-0.25, -0.2) is 0 Å². The summed E-state index contributed by atoms with van der Waals surface area (Å²) in [5.74, 6) is 0. The average molecular weight is 167 g/mol. The molecule has 0 bridgehead atoms. The van der Waals surface area contributed by atoms with E-state index in [1.54, 1.807) is 10.4 Å². The molecule has 11 heavy (non-hydrogen) atoms. The molecule has 1 aliphatic carbocycles. The first-order valence-electron chi connectivity index (χ1n) is 4.20. The molecule has 1 aromatic rings. The third-order valence-electron chi connectivity index (χ3n) is 2.37. The lowest BCUT2D eigenvalue weighted by molar-refractivity contribution is 0.691. The van der Waals surface area contributed by atoms with Gasteiger partial charge in [0, 0.05) is 11.4 Å². The molecule has 2 rings (SSSR count). The number of fused-ring (bicyclic) bond motifs is 1. The number of thiophene rings is 1. The van der Waals surface area contributed by atoms with Crippen LogP contribution in [0.4, 0.5) is 0 Å². The van der Waals surface area contributed by atoms with Crippen molar-refractivity contribution in [1.82, 2.24) is 0 Å². The Labute approximate surface area is 71.2 Å². The molecule has 1 aromatic heterocycles. The maximum absolute atomic E-state index is 5.63. The summed E-state index contributed by atoms with van der Waals surface area (Å²) in [7, 11) is 0. The number of aryl methyl sites for hydroxylation is 1. The van der Waals surface area contributed by atoms with Crippen LogP contribution in [0.5, 0.6) is 0 Å². The van der Waals surface area contributed by atoms with Gasteiger partial charge in [0.15, 0.2) is 0 Å². The monoisotopic (exact) mass is 167 g/mol. The fourth-order valence-corrected chi connectivity index (χ4v) is 2.89. The Morgan fingerprint density at radius 3 is 3.00 bits per heavy atom. The van der Waals surface area contributed by atoms with Crippen molar-refractivity contribution in [3.05, 3.63) is 21.4 Å². The van der Waals surface area contributed by atoms with Gasteiger partial charge >= 0.3 is 0 Å². The van der Waals surface area contributed by atoms with E-state index in [1.165, 1.54) is 31.2 Å². The van der Waals surface area contributed by atoms with Crippen LogP contribution in [0.25, 0.3) is 0 Å². The summed E-state index contributed by atoms with van der Waals surface area (Å²) in [4.78, 5) is 1.59. The zero-order valence-electron chi connectivity index (χ0n) is 6.60. The average Bonchev–Trinajstić information content (AvgIpc) is 2.47. The molecule has 0 spiro atoms. The lowest BCUT2D eigenvalue weighted by Crippen LogP contribution is -2.04. The van der Waals surface area contributed by atoms with Gasteiger partial charge in [0.2, 0.25) is 0 Å². The van der Waals surface area contributed by atoms with E-state index in [-0.39, 0.29) is 0 Å². The molecule has 2 N–H and O–H groups in total. The molecule has 0 saturated carbocycles. The fraction of sp³-hybridized carbons (Fsp3) is 0.556. The van der Waals surface area contributed by atoms with Crippen molar-refractivity contribution in [2.24, 2.45) is 5.73 Å². The molecular weight excluding hydrogens is 154 g/mol. The van der Waals surface area contributed by atoms with Crippen LogP contribution in [0.1, 0.15) is 28.8 Å². The third kappa shape index (κ3) is 1.21. The minimum Gasteiger partial charge on any atom is -0.326 e. The lowest BCUT2D eigenvalue weighted by Gasteiger charge is -2.11. The normalized spacial score (nSPS) is 16.5. The fourth-order valence-electron chi connectivity index (χ4n) is 1.73. The first-order chi connectivity index (χ1) is 5.42. The smallest absolute Gasteiger partial charge is 0.0189 e. The summed E-state index contributed by atoms with van der Waals surface area (Å²) in [6.07, 6.45) is 5.29. The topological polar surface area (TPSA) is 26.0 Å². The molecule has 0 radical (unpaired) electrons. The molecule has 0 aliphatic heterocycles. The van der Waals surface area contributed by atoms with E-state index in [2.05, 4.69) is 5.38 Å². The quantitative estimate of drug-likeness (QED) is 0.681. The summed E-state index contributed by atoms with van der Waals surface area (Å²) < 4.78 is 0. The third-order valence-corrected chi connectivity index (χ3v) is 3.51. The molecule has 0 fully saturated rings. The van der Waals surface area contributed by atoms with Gasteiger partial charge < -0.3 is 5.73 Å². The molecule has 0 atom stereocenters. The van der Waals surface area contributed by atoms with Gasteiger partial charge in [0.25, 0.3) is 0 Å². The van der Waals surface area contributed by atoms with Crippen LogP contribution in [0.3, 0.4) is 0 Å². The highest BCUT2D eigenvalue weighted by Crippen LogP contribution is 2.29.